The number of hydrogen-bond acceptors (Lipinski definition) is 6. The number of ether oxygens (including phenoxy) is 2. The Morgan fingerprint density at radius 2 is 2.04 bits per heavy atom. The number of nitrogens with two attached hydrogens (primary N) is 1. The number of anilines is 1. The predicted octanol–water partition coefficient (Wildman–Crippen LogP) is 1.53. The van der Waals surface area contributed by atoms with Crippen LogP contribution in [0.3, 0.4) is 0 Å². The van der Waals surface area contributed by atoms with Gasteiger partial charge in [0, 0.05) is 18.3 Å². The average molecular weight is 329 g/mol. The second-order valence-corrected chi connectivity index (χ2v) is 5.04. The number of para-hydroxylation sites is 1. The van der Waals surface area contributed by atoms with Crippen molar-refractivity contribution >= 4 is 17.6 Å². The minimum atomic E-state index is -0.959. The van der Waals surface area contributed by atoms with Crippen LogP contribution in [0.1, 0.15) is 22.8 Å². The van der Waals surface area contributed by atoms with E-state index in [1.807, 2.05) is 18.2 Å². The van der Waals surface area contributed by atoms with Gasteiger partial charge in [0.25, 0.3) is 5.91 Å². The molecule has 126 valence electrons. The Morgan fingerprint density at radius 1 is 1.29 bits per heavy atom. The highest BCUT2D eigenvalue weighted by atomic mass is 16.5. The normalized spacial score (nSPS) is 11.4. The number of hydrogen-bond donors (Lipinski definition) is 2. The first-order valence-corrected chi connectivity index (χ1v) is 7.33. The molecule has 0 aliphatic carbocycles. The van der Waals surface area contributed by atoms with Crippen molar-refractivity contribution in [1.29, 1.82) is 0 Å². The number of pyridine rings is 1. The first-order chi connectivity index (χ1) is 11.5. The third kappa shape index (κ3) is 4.22. The van der Waals surface area contributed by atoms with E-state index >= 15 is 0 Å². The highest BCUT2D eigenvalue weighted by molar-refractivity contribution is 5.96. The van der Waals surface area contributed by atoms with Gasteiger partial charge in [-0.05, 0) is 19.1 Å². The molecule has 3 N–H and O–H groups in total. The van der Waals surface area contributed by atoms with Crippen LogP contribution in [0.15, 0.2) is 42.7 Å². The van der Waals surface area contributed by atoms with Crippen molar-refractivity contribution in [2.24, 2.45) is 0 Å². The quantitative estimate of drug-likeness (QED) is 0.779. The van der Waals surface area contributed by atoms with Crippen molar-refractivity contribution in [3.63, 3.8) is 0 Å². The first kappa shape index (κ1) is 17.3. The summed E-state index contributed by atoms with van der Waals surface area (Å²) >= 11 is 0. The molecule has 0 saturated carbocycles. The highest BCUT2D eigenvalue weighted by Crippen LogP contribution is 2.17. The summed E-state index contributed by atoms with van der Waals surface area (Å²) < 4.78 is 10.4. The molecule has 24 heavy (non-hydrogen) atoms. The second-order valence-electron chi connectivity index (χ2n) is 5.04. The number of amides is 1. The highest BCUT2D eigenvalue weighted by Gasteiger charge is 2.20. The van der Waals surface area contributed by atoms with Gasteiger partial charge in [-0.2, -0.15) is 0 Å². The van der Waals surface area contributed by atoms with E-state index in [2.05, 4.69) is 10.3 Å². The number of nitrogens with zero attached hydrogens (tertiary/aromatic N) is 1. The second kappa shape index (κ2) is 7.96. The van der Waals surface area contributed by atoms with Crippen LogP contribution in [0.2, 0.25) is 0 Å². The molecule has 1 aromatic heterocycles. The van der Waals surface area contributed by atoms with Crippen molar-refractivity contribution in [3.8, 4) is 5.75 Å². The van der Waals surface area contributed by atoms with Crippen LogP contribution in [0.4, 0.5) is 5.69 Å². The van der Waals surface area contributed by atoms with Crippen molar-refractivity contribution in [1.82, 2.24) is 10.3 Å². The fourth-order valence-electron chi connectivity index (χ4n) is 2.05. The number of rotatable bonds is 6. The van der Waals surface area contributed by atoms with Crippen LogP contribution in [-0.4, -0.2) is 30.1 Å². The van der Waals surface area contributed by atoms with E-state index in [9.17, 15) is 9.59 Å². The molecule has 0 aliphatic heterocycles. The summed E-state index contributed by atoms with van der Waals surface area (Å²) in [5, 5.41) is 2.71. The van der Waals surface area contributed by atoms with Gasteiger partial charge >= 0.3 is 5.97 Å². The lowest BCUT2D eigenvalue weighted by Gasteiger charge is -2.15. The van der Waals surface area contributed by atoms with Gasteiger partial charge in [-0.15, -0.1) is 0 Å². The van der Waals surface area contributed by atoms with E-state index in [0.29, 0.717) is 5.75 Å². The minimum Gasteiger partial charge on any atom is -0.496 e. The number of methoxy groups -OCH3 is 1. The minimum absolute atomic E-state index is 0.175. The van der Waals surface area contributed by atoms with Gasteiger partial charge in [0.1, 0.15) is 5.75 Å². The Labute approximate surface area is 139 Å². The Balaban J connectivity index is 1.93. The molecule has 0 spiro atoms. The third-order valence-corrected chi connectivity index (χ3v) is 3.37. The Hall–Kier alpha value is -3.09. The molecule has 0 bridgehead atoms. The molecule has 0 unspecified atom stereocenters. The van der Waals surface area contributed by atoms with E-state index in [-0.39, 0.29) is 17.8 Å². The molecule has 0 fully saturated rings. The van der Waals surface area contributed by atoms with Crippen molar-refractivity contribution in [2.45, 2.75) is 19.6 Å². The molecule has 2 rings (SSSR count). The van der Waals surface area contributed by atoms with Gasteiger partial charge in [0.15, 0.2) is 6.10 Å². The summed E-state index contributed by atoms with van der Waals surface area (Å²) in [5.41, 5.74) is 6.86. The van der Waals surface area contributed by atoms with Crippen LogP contribution in [0.5, 0.6) is 5.75 Å². The molecule has 7 heteroatoms. The van der Waals surface area contributed by atoms with E-state index < -0.39 is 18.0 Å². The lowest BCUT2D eigenvalue weighted by atomic mass is 10.2. The lowest BCUT2D eigenvalue weighted by Crippen LogP contribution is -2.35. The number of nitrogens with one attached hydrogen (secondary N) is 1. The monoisotopic (exact) mass is 329 g/mol. The van der Waals surface area contributed by atoms with Gasteiger partial charge in [-0.1, -0.05) is 18.2 Å². The SMILES string of the molecule is COc1ccccc1CNC(=O)[C@H](C)OC(=O)c1ccncc1N. The zero-order valence-electron chi connectivity index (χ0n) is 13.5. The van der Waals surface area contributed by atoms with E-state index in [1.165, 1.54) is 25.4 Å². The van der Waals surface area contributed by atoms with Crippen LogP contribution in [-0.2, 0) is 16.1 Å². The zero-order valence-corrected chi connectivity index (χ0v) is 13.5. The maximum Gasteiger partial charge on any atom is 0.341 e. The molecule has 1 amide bonds. The van der Waals surface area contributed by atoms with Gasteiger partial charge in [-0.25, -0.2) is 4.79 Å². The number of nitrogen functional groups attached to an aromatic ring is 1. The topological polar surface area (TPSA) is 104 Å². The van der Waals surface area contributed by atoms with Crippen molar-refractivity contribution in [2.75, 3.05) is 12.8 Å². The molecule has 1 aromatic carbocycles. The van der Waals surface area contributed by atoms with Crippen LogP contribution in [0, 0.1) is 0 Å². The summed E-state index contributed by atoms with van der Waals surface area (Å²) in [7, 11) is 1.56. The maximum absolute atomic E-state index is 12.1. The lowest BCUT2D eigenvalue weighted by molar-refractivity contribution is -0.129. The molecule has 1 atom stereocenters. The molecular weight excluding hydrogens is 310 g/mol. The summed E-state index contributed by atoms with van der Waals surface area (Å²) in [6.45, 7) is 1.76. The van der Waals surface area contributed by atoms with E-state index in [0.717, 1.165) is 5.56 Å². The Bertz CT molecular complexity index is 733. The van der Waals surface area contributed by atoms with Gasteiger partial charge in [0.2, 0.25) is 0 Å². The number of aromatic nitrogens is 1. The third-order valence-electron chi connectivity index (χ3n) is 3.37. The average Bonchev–Trinajstić information content (AvgIpc) is 2.60. The first-order valence-electron chi connectivity index (χ1n) is 7.33. The van der Waals surface area contributed by atoms with Gasteiger partial charge < -0.3 is 20.5 Å². The van der Waals surface area contributed by atoms with Crippen molar-refractivity contribution in [3.05, 3.63) is 53.9 Å². The maximum atomic E-state index is 12.1. The predicted molar refractivity (Wildman–Crippen MR) is 88.4 cm³/mol. The van der Waals surface area contributed by atoms with Gasteiger partial charge in [0.05, 0.1) is 24.6 Å². The van der Waals surface area contributed by atoms with Crippen molar-refractivity contribution < 1.29 is 19.1 Å². The summed E-state index contributed by atoms with van der Waals surface area (Å²) in [5.74, 6) is -0.413. The zero-order chi connectivity index (χ0) is 17.5. The molecule has 0 aliphatic rings. The standard InChI is InChI=1S/C17H19N3O4/c1-11(24-17(22)13-7-8-19-10-14(13)18)16(21)20-9-12-5-3-4-6-15(12)23-2/h3-8,10-11H,9,18H2,1-2H3,(H,20,21)/t11-/m0/s1. The summed E-state index contributed by atoms with van der Waals surface area (Å²) in [6, 6.07) is 8.77. The van der Waals surface area contributed by atoms with Gasteiger partial charge in [-0.3, -0.25) is 9.78 Å². The molecule has 7 nitrogen and oxygen atoms in total. The largest absolute Gasteiger partial charge is 0.496 e. The van der Waals surface area contributed by atoms with Crippen LogP contribution < -0.4 is 15.8 Å². The molecule has 2 aromatic rings. The van der Waals surface area contributed by atoms with Crippen LogP contribution in [0.25, 0.3) is 0 Å². The van der Waals surface area contributed by atoms with E-state index in [4.69, 9.17) is 15.2 Å². The fourth-order valence-corrected chi connectivity index (χ4v) is 2.05. The van der Waals surface area contributed by atoms with Crippen LogP contribution >= 0.6 is 0 Å². The van der Waals surface area contributed by atoms with E-state index in [1.54, 1.807) is 13.2 Å². The number of benzene rings is 1. The smallest absolute Gasteiger partial charge is 0.341 e. The summed E-state index contributed by atoms with van der Waals surface area (Å²) in [4.78, 5) is 27.9. The molecule has 1 heterocycles. The molecular formula is C17H19N3O4. The Kier molecular flexibility index (Phi) is 5.73. The summed E-state index contributed by atoms with van der Waals surface area (Å²) in [6.07, 6.45) is 1.82. The number of esters is 1. The fraction of sp³-hybridized carbons (Fsp3) is 0.235. The Morgan fingerprint density at radius 3 is 2.75 bits per heavy atom. The number of carbonyl (C=O) groups excluding carboxylic acids is 2. The molecule has 0 radical (unpaired) electrons. The molecule has 0 saturated heterocycles. The number of carbonyl (C=O) groups is 2.